The molecule has 6 heteroatoms. The van der Waals surface area contributed by atoms with Gasteiger partial charge in [-0.05, 0) is 50.9 Å². The molecule has 132 valence electrons. The second-order valence-electron chi connectivity index (χ2n) is 7.15. The fourth-order valence-corrected chi connectivity index (χ4v) is 2.88. The second kappa shape index (κ2) is 6.84. The molecule has 0 N–H and O–H groups in total. The average Bonchev–Trinajstić information content (AvgIpc) is 2.77. The van der Waals surface area contributed by atoms with Crippen molar-refractivity contribution in [2.75, 3.05) is 0 Å². The molecule has 0 unspecified atom stereocenters. The van der Waals surface area contributed by atoms with Crippen molar-refractivity contribution in [3.63, 3.8) is 0 Å². The lowest BCUT2D eigenvalue weighted by Crippen LogP contribution is -2.41. The van der Waals surface area contributed by atoms with Gasteiger partial charge in [0.15, 0.2) is 0 Å². The summed E-state index contributed by atoms with van der Waals surface area (Å²) < 4.78 is 18.2. The van der Waals surface area contributed by atoms with E-state index in [9.17, 15) is 0 Å². The van der Waals surface area contributed by atoms with Crippen LogP contribution in [0.1, 0.15) is 33.3 Å². The predicted octanol–water partition coefficient (Wildman–Crippen LogP) is 4.87. The molecule has 25 heavy (non-hydrogen) atoms. The third kappa shape index (κ3) is 3.82. The Morgan fingerprint density at radius 3 is 2.20 bits per heavy atom. The van der Waals surface area contributed by atoms with Crippen LogP contribution in [0.2, 0.25) is 10.0 Å². The molecule has 0 aromatic heterocycles. The Labute approximate surface area is 159 Å². The molecule has 1 saturated heterocycles. The first kappa shape index (κ1) is 18.6. The van der Waals surface area contributed by atoms with E-state index in [4.69, 9.17) is 37.2 Å². The Bertz CT molecular complexity index is 761. The number of benzene rings is 2. The van der Waals surface area contributed by atoms with Crippen molar-refractivity contribution in [2.45, 2.75) is 45.5 Å². The monoisotopic (exact) mass is 378 g/mol. The molecule has 0 aliphatic carbocycles. The fraction of sp³-hybridized carbons (Fsp3) is 0.368. The molecule has 0 bridgehead atoms. The van der Waals surface area contributed by atoms with Crippen LogP contribution in [0.15, 0.2) is 42.5 Å². The van der Waals surface area contributed by atoms with E-state index in [0.29, 0.717) is 22.4 Å². The summed E-state index contributed by atoms with van der Waals surface area (Å²) in [4.78, 5) is 0. The van der Waals surface area contributed by atoms with Gasteiger partial charge in [0.2, 0.25) is 0 Å². The summed E-state index contributed by atoms with van der Waals surface area (Å²) >= 11 is 12.0. The summed E-state index contributed by atoms with van der Waals surface area (Å²) in [6.45, 7) is 8.56. The van der Waals surface area contributed by atoms with Crippen LogP contribution in [0.25, 0.3) is 0 Å². The molecule has 3 rings (SSSR count). The second-order valence-corrected chi connectivity index (χ2v) is 7.97. The summed E-state index contributed by atoms with van der Waals surface area (Å²) in [5, 5.41) is 0.977. The number of ether oxygens (including phenoxy) is 1. The molecule has 0 spiro atoms. The summed E-state index contributed by atoms with van der Waals surface area (Å²) in [5.41, 5.74) is 1.22. The predicted molar refractivity (Wildman–Crippen MR) is 103 cm³/mol. The lowest BCUT2D eigenvalue weighted by Gasteiger charge is -2.32. The van der Waals surface area contributed by atoms with Gasteiger partial charge in [0.1, 0.15) is 12.4 Å². The van der Waals surface area contributed by atoms with Crippen LogP contribution in [0.4, 0.5) is 0 Å². The largest absolute Gasteiger partial charge is 0.495 e. The molecule has 0 atom stereocenters. The molecule has 1 fully saturated rings. The van der Waals surface area contributed by atoms with Crippen LogP contribution >= 0.6 is 23.2 Å². The molecule has 0 radical (unpaired) electrons. The van der Waals surface area contributed by atoms with Gasteiger partial charge in [-0.1, -0.05) is 47.5 Å². The van der Waals surface area contributed by atoms with Crippen molar-refractivity contribution in [1.82, 2.24) is 0 Å². The Balaban J connectivity index is 1.79. The maximum absolute atomic E-state index is 6.16. The van der Waals surface area contributed by atoms with Gasteiger partial charge in [-0.25, -0.2) is 0 Å². The van der Waals surface area contributed by atoms with Crippen LogP contribution in [-0.4, -0.2) is 18.3 Å². The quantitative estimate of drug-likeness (QED) is 0.710. The van der Waals surface area contributed by atoms with E-state index in [1.165, 1.54) is 0 Å². The van der Waals surface area contributed by atoms with Gasteiger partial charge in [0.05, 0.1) is 21.2 Å². The van der Waals surface area contributed by atoms with Gasteiger partial charge in [0.25, 0.3) is 0 Å². The SMILES string of the molecule is CC1(C)OB(c2ccccc2COc2ccc(Cl)c(Cl)c2)OC1(C)C. The van der Waals surface area contributed by atoms with Gasteiger partial charge in [0, 0.05) is 6.07 Å². The molecule has 2 aromatic rings. The molecular weight excluding hydrogens is 358 g/mol. The maximum atomic E-state index is 6.16. The van der Waals surface area contributed by atoms with E-state index in [0.717, 1.165) is 11.0 Å². The molecule has 0 saturated carbocycles. The zero-order valence-electron chi connectivity index (χ0n) is 14.8. The van der Waals surface area contributed by atoms with E-state index in [1.807, 2.05) is 52.0 Å². The molecule has 3 nitrogen and oxygen atoms in total. The number of hydrogen-bond donors (Lipinski definition) is 0. The minimum absolute atomic E-state index is 0.380. The Kier molecular flexibility index (Phi) is 5.09. The van der Waals surface area contributed by atoms with Crippen LogP contribution in [0.3, 0.4) is 0 Å². The van der Waals surface area contributed by atoms with Gasteiger partial charge in [-0.3, -0.25) is 0 Å². The summed E-state index contributed by atoms with van der Waals surface area (Å²) in [6.07, 6.45) is 0. The highest BCUT2D eigenvalue weighted by Crippen LogP contribution is 2.36. The normalized spacial score (nSPS) is 18.4. The lowest BCUT2D eigenvalue weighted by atomic mass is 9.76. The molecular formula is C19H21BCl2O3. The van der Waals surface area contributed by atoms with Crippen LogP contribution < -0.4 is 10.2 Å². The van der Waals surface area contributed by atoms with Gasteiger partial charge in [-0.2, -0.15) is 0 Å². The Morgan fingerprint density at radius 1 is 0.920 bits per heavy atom. The minimum atomic E-state index is -0.418. The standard InChI is InChI=1S/C19H21BCl2O3/c1-18(2)19(3,4)25-20(24-18)15-8-6-5-7-13(15)12-23-14-9-10-16(21)17(22)11-14/h5-11H,12H2,1-4H3. The third-order valence-corrected chi connectivity index (χ3v) is 5.59. The number of hydrogen-bond acceptors (Lipinski definition) is 3. The molecule has 2 aromatic carbocycles. The topological polar surface area (TPSA) is 27.7 Å². The van der Waals surface area contributed by atoms with E-state index >= 15 is 0 Å². The number of rotatable bonds is 4. The maximum Gasteiger partial charge on any atom is 0.495 e. The summed E-state index contributed by atoms with van der Waals surface area (Å²) in [7, 11) is -0.418. The highest BCUT2D eigenvalue weighted by molar-refractivity contribution is 6.62. The Hall–Kier alpha value is -1.20. The van der Waals surface area contributed by atoms with Crippen molar-refractivity contribution in [3.05, 3.63) is 58.1 Å². The Morgan fingerprint density at radius 2 is 1.56 bits per heavy atom. The molecule has 0 amide bonds. The lowest BCUT2D eigenvalue weighted by molar-refractivity contribution is 0.00578. The molecule has 1 heterocycles. The average molecular weight is 379 g/mol. The highest BCUT2D eigenvalue weighted by atomic mass is 35.5. The van der Waals surface area contributed by atoms with Crippen molar-refractivity contribution in [3.8, 4) is 5.75 Å². The van der Waals surface area contributed by atoms with E-state index in [2.05, 4.69) is 0 Å². The van der Waals surface area contributed by atoms with E-state index < -0.39 is 7.12 Å². The summed E-state index contributed by atoms with van der Waals surface area (Å²) in [5.74, 6) is 0.665. The van der Waals surface area contributed by atoms with Crippen molar-refractivity contribution in [1.29, 1.82) is 0 Å². The van der Waals surface area contributed by atoms with Gasteiger partial charge < -0.3 is 14.0 Å². The number of halogens is 2. The first-order valence-electron chi connectivity index (χ1n) is 8.21. The highest BCUT2D eigenvalue weighted by Gasteiger charge is 2.52. The zero-order valence-corrected chi connectivity index (χ0v) is 16.3. The van der Waals surface area contributed by atoms with Crippen molar-refractivity contribution >= 4 is 35.8 Å². The van der Waals surface area contributed by atoms with Crippen molar-refractivity contribution < 1.29 is 14.0 Å². The van der Waals surface area contributed by atoms with Gasteiger partial charge >= 0.3 is 7.12 Å². The smallest absolute Gasteiger partial charge is 0.489 e. The third-order valence-electron chi connectivity index (χ3n) is 4.85. The van der Waals surface area contributed by atoms with Crippen LogP contribution in [0, 0.1) is 0 Å². The summed E-state index contributed by atoms with van der Waals surface area (Å²) in [6, 6.07) is 13.2. The minimum Gasteiger partial charge on any atom is -0.489 e. The molecule has 1 aliphatic heterocycles. The van der Waals surface area contributed by atoms with E-state index in [-0.39, 0.29) is 11.2 Å². The van der Waals surface area contributed by atoms with Crippen molar-refractivity contribution in [2.24, 2.45) is 0 Å². The van der Waals surface area contributed by atoms with Crippen LogP contribution in [-0.2, 0) is 15.9 Å². The van der Waals surface area contributed by atoms with Gasteiger partial charge in [-0.15, -0.1) is 0 Å². The fourth-order valence-electron chi connectivity index (χ4n) is 2.59. The van der Waals surface area contributed by atoms with E-state index in [1.54, 1.807) is 18.2 Å². The first-order chi connectivity index (χ1) is 11.7. The first-order valence-corrected chi connectivity index (χ1v) is 8.96. The zero-order chi connectivity index (χ0) is 18.2. The molecule has 1 aliphatic rings. The van der Waals surface area contributed by atoms with Crippen LogP contribution in [0.5, 0.6) is 5.75 Å².